The largest absolute Gasteiger partial charge is 0.467 e. The average Bonchev–Trinajstić information content (AvgIpc) is 2.83. The number of nitrogen functional groups attached to an aromatic ring is 1. The van der Waals surface area contributed by atoms with Gasteiger partial charge in [0.2, 0.25) is 0 Å². The van der Waals surface area contributed by atoms with Gasteiger partial charge >= 0.3 is 5.69 Å². The van der Waals surface area contributed by atoms with Crippen molar-refractivity contribution in [2.45, 2.75) is 6.54 Å². The van der Waals surface area contributed by atoms with Gasteiger partial charge in [-0.05, 0) is 6.07 Å². The molecule has 19 heavy (non-hydrogen) atoms. The summed E-state index contributed by atoms with van der Waals surface area (Å²) in [6.45, 7) is -0.0644. The van der Waals surface area contributed by atoms with Crippen molar-refractivity contribution in [3.63, 3.8) is 0 Å². The van der Waals surface area contributed by atoms with Gasteiger partial charge in [-0.2, -0.15) is 0 Å². The molecular weight excluding hydrogens is 276 g/mol. The van der Waals surface area contributed by atoms with Gasteiger partial charge in [-0.25, -0.2) is 10.6 Å². The van der Waals surface area contributed by atoms with E-state index in [1.165, 1.54) is 12.3 Å². The van der Waals surface area contributed by atoms with E-state index in [0.29, 0.717) is 0 Å². The summed E-state index contributed by atoms with van der Waals surface area (Å²) in [6, 6.07) is 1.41. The first-order valence-corrected chi connectivity index (χ1v) is 5.47. The number of nitrogens with zero attached hydrogens (tertiary/aromatic N) is 1. The van der Waals surface area contributed by atoms with Crippen LogP contribution in [0.5, 0.6) is 0 Å². The van der Waals surface area contributed by atoms with Gasteiger partial charge in [0.05, 0.1) is 18.4 Å². The van der Waals surface area contributed by atoms with Crippen molar-refractivity contribution in [2.24, 2.45) is 5.84 Å². The number of H-pyrrole nitrogens is 1. The maximum Gasteiger partial charge on any atom is 0.328 e. The summed E-state index contributed by atoms with van der Waals surface area (Å²) < 4.78 is 6.21. The number of hydrazine groups is 1. The molecule has 0 aliphatic carbocycles. The molecule has 1 amide bonds. The third-order valence-electron chi connectivity index (χ3n) is 2.40. The zero-order valence-electron chi connectivity index (χ0n) is 9.47. The van der Waals surface area contributed by atoms with E-state index < -0.39 is 17.2 Å². The van der Waals surface area contributed by atoms with Gasteiger partial charge in [0.1, 0.15) is 10.8 Å². The van der Waals surface area contributed by atoms with Crippen LogP contribution in [0.2, 0.25) is 5.02 Å². The third-order valence-corrected chi connectivity index (χ3v) is 2.67. The monoisotopic (exact) mass is 284 g/mol. The van der Waals surface area contributed by atoms with Crippen molar-refractivity contribution < 1.29 is 9.21 Å². The number of aromatic amines is 1. The van der Waals surface area contributed by atoms with Crippen LogP contribution < -0.4 is 22.5 Å². The predicted molar refractivity (Wildman–Crippen MR) is 65.8 cm³/mol. The number of hydrogen-bond acceptors (Lipinski definition) is 5. The molecule has 2 aromatic rings. The number of carbonyl (C=O) groups is 1. The topological polar surface area (TPSA) is 123 Å². The number of aromatic nitrogens is 2. The highest BCUT2D eigenvalue weighted by atomic mass is 35.5. The van der Waals surface area contributed by atoms with Crippen LogP contribution in [0.25, 0.3) is 0 Å². The number of halogens is 1. The standard InChI is InChI=1S/C10H9ClN4O4/c11-6-3-15(10(18)13-9(6)17)4-7-5(1-2-19-7)8(16)14-12/h1-3H,4,12H2,(H,14,16)(H,13,17,18). The number of carbonyl (C=O) groups excluding carboxylic acids is 1. The molecule has 0 radical (unpaired) electrons. The summed E-state index contributed by atoms with van der Waals surface area (Å²) in [4.78, 5) is 36.1. The maximum absolute atomic E-state index is 11.6. The highest BCUT2D eigenvalue weighted by Gasteiger charge is 2.15. The average molecular weight is 285 g/mol. The molecule has 0 aromatic carbocycles. The van der Waals surface area contributed by atoms with Gasteiger partial charge < -0.3 is 4.42 Å². The molecule has 0 aliphatic rings. The van der Waals surface area contributed by atoms with Crippen molar-refractivity contribution in [1.82, 2.24) is 15.0 Å². The molecule has 0 aliphatic heterocycles. The fourth-order valence-electron chi connectivity index (χ4n) is 1.50. The van der Waals surface area contributed by atoms with Crippen LogP contribution in [0.15, 0.2) is 32.5 Å². The Bertz CT molecular complexity index is 730. The van der Waals surface area contributed by atoms with E-state index in [1.54, 1.807) is 0 Å². The minimum atomic E-state index is -0.678. The normalized spacial score (nSPS) is 10.4. The van der Waals surface area contributed by atoms with Crippen LogP contribution >= 0.6 is 11.6 Å². The van der Waals surface area contributed by atoms with E-state index in [1.807, 2.05) is 10.4 Å². The number of furan rings is 1. The molecule has 2 heterocycles. The Morgan fingerprint density at radius 2 is 2.26 bits per heavy atom. The van der Waals surface area contributed by atoms with Gasteiger partial charge in [-0.3, -0.25) is 24.6 Å². The minimum absolute atomic E-state index is 0.0644. The Balaban J connectivity index is 2.40. The lowest BCUT2D eigenvalue weighted by molar-refractivity contribution is 0.0951. The van der Waals surface area contributed by atoms with E-state index in [9.17, 15) is 14.4 Å². The molecule has 4 N–H and O–H groups in total. The van der Waals surface area contributed by atoms with Crippen LogP contribution in [0, 0.1) is 0 Å². The smallest absolute Gasteiger partial charge is 0.328 e. The first kappa shape index (κ1) is 13.1. The summed E-state index contributed by atoms with van der Waals surface area (Å²) in [5.41, 5.74) is 0.809. The van der Waals surface area contributed by atoms with Crippen molar-refractivity contribution in [1.29, 1.82) is 0 Å². The number of nitrogens with two attached hydrogens (primary N) is 1. The Morgan fingerprint density at radius 1 is 1.53 bits per heavy atom. The molecule has 0 saturated heterocycles. The molecule has 0 unspecified atom stereocenters. The molecule has 0 atom stereocenters. The van der Waals surface area contributed by atoms with Crippen molar-refractivity contribution in [2.75, 3.05) is 0 Å². The molecule has 0 saturated carbocycles. The number of amides is 1. The minimum Gasteiger partial charge on any atom is -0.467 e. The predicted octanol–water partition coefficient (Wildman–Crippen LogP) is -0.565. The van der Waals surface area contributed by atoms with E-state index in [0.717, 1.165) is 10.8 Å². The summed E-state index contributed by atoms with van der Waals surface area (Å²) in [6.07, 6.45) is 2.45. The lowest BCUT2D eigenvalue weighted by Gasteiger charge is -2.05. The summed E-state index contributed by atoms with van der Waals surface area (Å²) in [5.74, 6) is 4.69. The van der Waals surface area contributed by atoms with Gasteiger partial charge in [0.25, 0.3) is 11.5 Å². The van der Waals surface area contributed by atoms with Crippen molar-refractivity contribution in [3.05, 3.63) is 55.7 Å². The lowest BCUT2D eigenvalue weighted by atomic mass is 10.2. The molecule has 0 bridgehead atoms. The second-order valence-electron chi connectivity index (χ2n) is 3.60. The first-order valence-electron chi connectivity index (χ1n) is 5.09. The molecule has 9 heteroatoms. The Labute approximate surface area is 110 Å². The second-order valence-corrected chi connectivity index (χ2v) is 4.00. The van der Waals surface area contributed by atoms with E-state index in [-0.39, 0.29) is 22.9 Å². The Morgan fingerprint density at radius 3 is 2.95 bits per heavy atom. The SMILES string of the molecule is NNC(=O)c1ccoc1Cn1cc(Cl)c(=O)[nH]c1=O. The second kappa shape index (κ2) is 5.12. The molecule has 0 fully saturated rings. The molecule has 2 rings (SSSR count). The quantitative estimate of drug-likeness (QED) is 0.396. The molecule has 0 spiro atoms. The van der Waals surface area contributed by atoms with E-state index in [4.69, 9.17) is 21.9 Å². The van der Waals surface area contributed by atoms with Crippen molar-refractivity contribution >= 4 is 17.5 Å². The zero-order chi connectivity index (χ0) is 14.0. The fourth-order valence-corrected chi connectivity index (χ4v) is 1.66. The molecule has 100 valence electrons. The van der Waals surface area contributed by atoms with Gasteiger partial charge in [0, 0.05) is 6.20 Å². The summed E-state index contributed by atoms with van der Waals surface area (Å²) in [7, 11) is 0. The van der Waals surface area contributed by atoms with E-state index >= 15 is 0 Å². The highest BCUT2D eigenvalue weighted by Crippen LogP contribution is 2.11. The maximum atomic E-state index is 11.6. The number of hydrogen-bond donors (Lipinski definition) is 3. The van der Waals surface area contributed by atoms with Crippen LogP contribution in [0.4, 0.5) is 0 Å². The molecule has 8 nitrogen and oxygen atoms in total. The van der Waals surface area contributed by atoms with Gasteiger partial charge in [-0.15, -0.1) is 0 Å². The van der Waals surface area contributed by atoms with Crippen LogP contribution in [-0.4, -0.2) is 15.5 Å². The van der Waals surface area contributed by atoms with Crippen molar-refractivity contribution in [3.8, 4) is 0 Å². The number of rotatable bonds is 3. The van der Waals surface area contributed by atoms with Gasteiger partial charge in [-0.1, -0.05) is 11.6 Å². The molecular formula is C10H9ClN4O4. The Hall–Kier alpha value is -2.32. The first-order chi connectivity index (χ1) is 9.02. The molecule has 2 aromatic heterocycles. The van der Waals surface area contributed by atoms with Crippen LogP contribution in [0.3, 0.4) is 0 Å². The lowest BCUT2D eigenvalue weighted by Crippen LogP contribution is -2.32. The zero-order valence-corrected chi connectivity index (χ0v) is 10.2. The fraction of sp³-hybridized carbons (Fsp3) is 0.100. The Kier molecular flexibility index (Phi) is 3.54. The number of nitrogens with one attached hydrogen (secondary N) is 2. The third kappa shape index (κ3) is 2.59. The van der Waals surface area contributed by atoms with Crippen LogP contribution in [-0.2, 0) is 6.54 Å². The summed E-state index contributed by atoms with van der Waals surface area (Å²) >= 11 is 5.62. The summed E-state index contributed by atoms with van der Waals surface area (Å²) in [5, 5.41) is -0.143. The van der Waals surface area contributed by atoms with Crippen LogP contribution in [0.1, 0.15) is 16.1 Å². The highest BCUT2D eigenvalue weighted by molar-refractivity contribution is 6.30. The van der Waals surface area contributed by atoms with Gasteiger partial charge in [0.15, 0.2) is 0 Å². The van der Waals surface area contributed by atoms with E-state index in [2.05, 4.69) is 0 Å².